The van der Waals surface area contributed by atoms with Crippen LogP contribution in [0.4, 0.5) is 10.1 Å². The number of carbonyl (C=O) groups excluding carboxylic acids is 1. The van der Waals surface area contributed by atoms with Gasteiger partial charge in [0.1, 0.15) is 11.6 Å². The molecule has 0 spiro atoms. The van der Waals surface area contributed by atoms with Crippen LogP contribution in [0.5, 0.6) is 11.5 Å². The number of carbonyl (C=O) groups is 1. The average Bonchev–Trinajstić information content (AvgIpc) is 3.43. The number of aromatic nitrogens is 3. The van der Waals surface area contributed by atoms with Crippen molar-refractivity contribution >= 4 is 33.2 Å². The fraction of sp³-hybridized carbons (Fsp3) is 0.292. The first-order chi connectivity index (χ1) is 16.9. The zero-order valence-electron chi connectivity index (χ0n) is 19.2. The van der Waals surface area contributed by atoms with Crippen LogP contribution in [0.1, 0.15) is 31.4 Å². The van der Waals surface area contributed by atoms with E-state index in [0.29, 0.717) is 22.4 Å². The molecule has 4 aromatic rings. The number of hydrogen-bond acceptors (Lipinski definition) is 8. The summed E-state index contributed by atoms with van der Waals surface area (Å²) in [5, 5.41) is 10.9. The minimum atomic E-state index is -0.818. The normalized spacial score (nSPS) is 11.1. The molecule has 0 N–H and O–H groups in total. The van der Waals surface area contributed by atoms with Crippen molar-refractivity contribution in [3.05, 3.63) is 64.4 Å². The number of nitrogens with zero attached hydrogens (tertiary/aromatic N) is 4. The monoisotopic (exact) mass is 498 g/mol. The van der Waals surface area contributed by atoms with E-state index in [0.717, 1.165) is 48.1 Å². The molecule has 182 valence electrons. The van der Waals surface area contributed by atoms with Crippen molar-refractivity contribution in [3.8, 4) is 22.2 Å². The third-order valence-corrected chi connectivity index (χ3v) is 6.70. The van der Waals surface area contributed by atoms with Gasteiger partial charge in [0.15, 0.2) is 11.6 Å². The molecule has 0 saturated carbocycles. The Hall–Kier alpha value is -3.86. The molecule has 1 aromatic carbocycles. The van der Waals surface area contributed by atoms with E-state index < -0.39 is 10.7 Å². The van der Waals surface area contributed by atoms with Crippen LogP contribution in [0.2, 0.25) is 0 Å². The number of benzene rings is 1. The van der Waals surface area contributed by atoms with E-state index in [1.165, 1.54) is 30.6 Å². The zero-order chi connectivity index (χ0) is 24.9. The molecule has 0 atom stereocenters. The summed E-state index contributed by atoms with van der Waals surface area (Å²) in [5.41, 5.74) is 1.41. The maximum absolute atomic E-state index is 14.4. The van der Waals surface area contributed by atoms with Gasteiger partial charge in [-0.15, -0.1) is 11.3 Å². The lowest BCUT2D eigenvalue weighted by Gasteiger charge is -2.07. The van der Waals surface area contributed by atoms with E-state index >= 15 is 0 Å². The van der Waals surface area contributed by atoms with E-state index in [4.69, 9.17) is 4.74 Å². The highest BCUT2D eigenvalue weighted by atomic mass is 32.1. The van der Waals surface area contributed by atoms with Crippen molar-refractivity contribution in [2.75, 3.05) is 7.11 Å². The topological polar surface area (TPSA) is 109 Å². The van der Waals surface area contributed by atoms with E-state index in [1.807, 2.05) is 23.9 Å². The number of pyridine rings is 1. The van der Waals surface area contributed by atoms with E-state index in [-0.39, 0.29) is 17.4 Å². The minimum absolute atomic E-state index is 0.107. The summed E-state index contributed by atoms with van der Waals surface area (Å²) in [6.45, 7) is 0. The van der Waals surface area contributed by atoms with Gasteiger partial charge >= 0.3 is 5.97 Å². The molecule has 0 saturated heterocycles. The predicted molar refractivity (Wildman–Crippen MR) is 129 cm³/mol. The first kappa shape index (κ1) is 24.3. The number of thiophene rings is 1. The molecule has 0 aliphatic carbocycles. The zero-order valence-corrected chi connectivity index (χ0v) is 20.0. The Labute approximate surface area is 204 Å². The Morgan fingerprint density at radius 3 is 2.74 bits per heavy atom. The van der Waals surface area contributed by atoms with E-state index in [1.54, 1.807) is 12.3 Å². The van der Waals surface area contributed by atoms with Gasteiger partial charge in [0.05, 0.1) is 33.2 Å². The number of unbranched alkanes of at least 4 members (excludes halogenated alkanes) is 2. The molecule has 0 aliphatic heterocycles. The number of non-ortho nitro benzene ring substituents is 1. The highest BCUT2D eigenvalue weighted by molar-refractivity contribution is 7.22. The Morgan fingerprint density at radius 1 is 1.17 bits per heavy atom. The molecule has 0 amide bonds. The number of aryl methyl sites for hydroxylation is 1. The Morgan fingerprint density at radius 2 is 2.00 bits per heavy atom. The molecule has 9 nitrogen and oxygen atoms in total. The van der Waals surface area contributed by atoms with Crippen molar-refractivity contribution in [1.82, 2.24) is 14.5 Å². The number of nitro groups is 1. The highest BCUT2D eigenvalue weighted by Gasteiger charge is 2.17. The first-order valence-corrected chi connectivity index (χ1v) is 11.8. The van der Waals surface area contributed by atoms with Crippen LogP contribution in [0.15, 0.2) is 42.7 Å². The van der Waals surface area contributed by atoms with Gasteiger partial charge in [0.25, 0.3) is 5.69 Å². The first-order valence-electron chi connectivity index (χ1n) is 11.0. The number of fused-ring (bicyclic) bond motifs is 1. The second kappa shape index (κ2) is 10.6. The van der Waals surface area contributed by atoms with Crippen LogP contribution in [0.25, 0.3) is 20.9 Å². The van der Waals surface area contributed by atoms with Crippen LogP contribution < -0.4 is 4.74 Å². The quantitative estimate of drug-likeness (QED) is 0.117. The summed E-state index contributed by atoms with van der Waals surface area (Å²) in [6, 6.07) is 6.80. The summed E-state index contributed by atoms with van der Waals surface area (Å²) in [7, 11) is 3.35. The number of halogens is 1. The maximum Gasteiger partial charge on any atom is 0.305 e. The largest absolute Gasteiger partial charge is 0.469 e. The second-order valence-electron chi connectivity index (χ2n) is 7.88. The molecule has 0 radical (unpaired) electrons. The molecule has 35 heavy (non-hydrogen) atoms. The van der Waals surface area contributed by atoms with Crippen LogP contribution in [-0.4, -0.2) is 32.5 Å². The minimum Gasteiger partial charge on any atom is -0.469 e. The standard InChI is InChI=1S/C24H23FN4O5S/c1-28-16(6-4-3-5-7-22(30)33-2)14-27-24(28)21-13-18-23(35-21)20(10-11-26-18)34-19-9-8-15(29(31)32)12-17(19)25/h8-14H,3-7H2,1-2H3. The fourth-order valence-corrected chi connectivity index (χ4v) is 4.77. The van der Waals surface area contributed by atoms with Gasteiger partial charge in [0.2, 0.25) is 0 Å². The molecular weight excluding hydrogens is 475 g/mol. The Kier molecular flexibility index (Phi) is 7.35. The van der Waals surface area contributed by atoms with Crippen LogP contribution >= 0.6 is 11.3 Å². The van der Waals surface area contributed by atoms with Crippen molar-refractivity contribution in [2.24, 2.45) is 7.05 Å². The van der Waals surface area contributed by atoms with Gasteiger partial charge in [-0.25, -0.2) is 9.37 Å². The molecular formula is C24H23FN4O5S. The summed E-state index contributed by atoms with van der Waals surface area (Å²) < 4.78 is 27.5. The maximum atomic E-state index is 14.4. The van der Waals surface area contributed by atoms with Crippen LogP contribution in [-0.2, 0) is 23.0 Å². The smallest absolute Gasteiger partial charge is 0.305 e. The summed E-state index contributed by atoms with van der Waals surface area (Å²) in [6.07, 6.45) is 7.31. The SMILES string of the molecule is COC(=O)CCCCCc1cnc(-c2cc3nccc(Oc4ccc([N+](=O)[O-])cc4F)c3s2)n1C. The Balaban J connectivity index is 1.51. The van der Waals surface area contributed by atoms with Crippen molar-refractivity contribution in [1.29, 1.82) is 0 Å². The molecule has 0 unspecified atom stereocenters. The number of methoxy groups -OCH3 is 1. The number of imidazole rings is 1. The molecule has 3 aromatic heterocycles. The van der Waals surface area contributed by atoms with Crippen molar-refractivity contribution in [2.45, 2.75) is 32.1 Å². The lowest BCUT2D eigenvalue weighted by atomic mass is 10.1. The predicted octanol–water partition coefficient (Wildman–Crippen LogP) is 5.81. The van der Waals surface area contributed by atoms with Crippen molar-refractivity contribution in [3.63, 3.8) is 0 Å². The molecule has 0 bridgehead atoms. The third kappa shape index (κ3) is 5.46. The lowest BCUT2D eigenvalue weighted by Crippen LogP contribution is -2.00. The molecule has 0 aliphatic rings. The van der Waals surface area contributed by atoms with Gasteiger partial charge in [-0.05, 0) is 31.4 Å². The van der Waals surface area contributed by atoms with Crippen LogP contribution in [0, 0.1) is 15.9 Å². The number of rotatable bonds is 10. The van der Waals surface area contributed by atoms with Gasteiger partial charge < -0.3 is 14.0 Å². The number of nitro benzene ring substituents is 1. The van der Waals surface area contributed by atoms with E-state index in [9.17, 15) is 19.3 Å². The van der Waals surface area contributed by atoms with E-state index in [2.05, 4.69) is 14.7 Å². The highest BCUT2D eigenvalue weighted by Crippen LogP contribution is 2.39. The summed E-state index contributed by atoms with van der Waals surface area (Å²) in [4.78, 5) is 31.3. The van der Waals surface area contributed by atoms with Gasteiger partial charge in [0, 0.05) is 43.7 Å². The van der Waals surface area contributed by atoms with Crippen LogP contribution in [0.3, 0.4) is 0 Å². The van der Waals surface area contributed by atoms with Gasteiger partial charge in [-0.3, -0.25) is 19.9 Å². The lowest BCUT2D eigenvalue weighted by molar-refractivity contribution is -0.385. The Bertz CT molecular complexity index is 1380. The fourth-order valence-electron chi connectivity index (χ4n) is 3.67. The van der Waals surface area contributed by atoms with Gasteiger partial charge in [-0.1, -0.05) is 6.42 Å². The average molecular weight is 499 g/mol. The molecule has 4 rings (SSSR count). The number of ether oxygens (including phenoxy) is 2. The summed E-state index contributed by atoms with van der Waals surface area (Å²) >= 11 is 1.42. The summed E-state index contributed by atoms with van der Waals surface area (Å²) in [5.74, 6) is 0.0701. The molecule has 11 heteroatoms. The molecule has 3 heterocycles. The third-order valence-electron chi connectivity index (χ3n) is 5.57. The molecule has 0 fully saturated rings. The second-order valence-corrected chi connectivity index (χ2v) is 8.93. The van der Waals surface area contributed by atoms with Crippen molar-refractivity contribution < 1.29 is 23.6 Å². The number of hydrogen-bond donors (Lipinski definition) is 0. The van der Waals surface area contributed by atoms with Gasteiger partial charge in [-0.2, -0.15) is 0 Å². The number of esters is 1.